The fraction of sp³-hybridized carbons (Fsp3) is 0.136. The predicted octanol–water partition coefficient (Wildman–Crippen LogP) is 5.58. The number of para-hydroxylation sites is 1. The van der Waals surface area contributed by atoms with Crippen LogP contribution in [0.5, 0.6) is 0 Å². The lowest BCUT2D eigenvalue weighted by molar-refractivity contribution is -0.111. The van der Waals surface area contributed by atoms with Gasteiger partial charge in [-0.1, -0.05) is 41.9 Å². The van der Waals surface area contributed by atoms with Crippen LogP contribution >= 0.6 is 23.2 Å². The Morgan fingerprint density at radius 1 is 1.06 bits per heavy atom. The van der Waals surface area contributed by atoms with E-state index in [0.717, 1.165) is 6.08 Å². The maximum absolute atomic E-state index is 12.7. The number of carbonyl (C=O) groups is 1. The molecule has 1 aromatic heterocycles. The van der Waals surface area contributed by atoms with Gasteiger partial charge in [0.05, 0.1) is 32.7 Å². The van der Waals surface area contributed by atoms with Crippen LogP contribution in [-0.4, -0.2) is 29.5 Å². The average Bonchev–Trinajstić information content (AvgIpc) is 2.78. The molecule has 0 aliphatic carbocycles. The highest BCUT2D eigenvalue weighted by molar-refractivity contribution is 7.92. The van der Waals surface area contributed by atoms with Crippen LogP contribution < -0.4 is 16.0 Å². The Kier molecular flexibility index (Phi) is 7.57. The number of nitrogens with zero attached hydrogens (tertiary/aromatic N) is 2. The van der Waals surface area contributed by atoms with Crippen LogP contribution in [0.2, 0.25) is 10.0 Å². The van der Waals surface area contributed by atoms with Crippen molar-refractivity contribution in [1.82, 2.24) is 9.97 Å². The molecule has 1 amide bonds. The summed E-state index contributed by atoms with van der Waals surface area (Å²) < 4.78 is 25.5. The van der Waals surface area contributed by atoms with Gasteiger partial charge in [-0.2, -0.15) is 4.98 Å². The molecule has 3 N–H and O–H groups in total. The van der Waals surface area contributed by atoms with Crippen molar-refractivity contribution >= 4 is 67.8 Å². The highest BCUT2D eigenvalue weighted by atomic mass is 35.5. The van der Waals surface area contributed by atoms with Gasteiger partial charge in [0.25, 0.3) is 0 Å². The Balaban J connectivity index is 1.90. The van der Waals surface area contributed by atoms with Crippen molar-refractivity contribution in [3.05, 3.63) is 71.4 Å². The van der Waals surface area contributed by atoms with Crippen molar-refractivity contribution in [2.75, 3.05) is 16.0 Å². The first-order chi connectivity index (χ1) is 15.6. The zero-order valence-corrected chi connectivity index (χ0v) is 20.1. The van der Waals surface area contributed by atoms with Crippen LogP contribution in [0.25, 0.3) is 0 Å². The number of rotatable bonds is 8. The van der Waals surface area contributed by atoms with Crippen LogP contribution in [0.3, 0.4) is 0 Å². The largest absolute Gasteiger partial charge is 0.338 e. The van der Waals surface area contributed by atoms with E-state index >= 15 is 0 Å². The van der Waals surface area contributed by atoms with E-state index in [-0.39, 0.29) is 21.7 Å². The highest BCUT2D eigenvalue weighted by Gasteiger charge is 2.23. The number of benzene rings is 2. The molecule has 0 bridgehead atoms. The molecule has 33 heavy (non-hydrogen) atoms. The van der Waals surface area contributed by atoms with E-state index < -0.39 is 21.0 Å². The summed E-state index contributed by atoms with van der Waals surface area (Å²) in [6, 6.07) is 11.4. The number of anilines is 5. The second-order valence-electron chi connectivity index (χ2n) is 7.12. The number of hydrogen-bond acceptors (Lipinski definition) is 7. The molecule has 11 heteroatoms. The van der Waals surface area contributed by atoms with E-state index in [4.69, 9.17) is 23.2 Å². The van der Waals surface area contributed by atoms with Gasteiger partial charge in [-0.05, 0) is 50.3 Å². The molecule has 0 aliphatic rings. The number of aromatic nitrogens is 2. The molecule has 0 unspecified atom stereocenters. The van der Waals surface area contributed by atoms with Gasteiger partial charge in [0.1, 0.15) is 5.02 Å². The maximum Gasteiger partial charge on any atom is 0.247 e. The van der Waals surface area contributed by atoms with E-state index in [1.165, 1.54) is 12.3 Å². The Hall–Kier alpha value is -3.14. The van der Waals surface area contributed by atoms with E-state index in [1.54, 1.807) is 50.2 Å². The standard InChI is InChI=1S/C22H21Cl2N5O3S/c1-4-20(30)27-18-11-14(9-10-15(18)23)26-22-25-12-16(24)21(29-22)28-17-7-5-6-8-19(17)33(31,32)13(2)3/h4-13H,1H2,2-3H3,(H,27,30)(H2,25,26,28,29). The maximum atomic E-state index is 12.7. The minimum absolute atomic E-state index is 0.143. The summed E-state index contributed by atoms with van der Waals surface area (Å²) in [6.45, 7) is 6.64. The zero-order chi connectivity index (χ0) is 24.2. The molecule has 0 radical (unpaired) electrons. The SMILES string of the molecule is C=CC(=O)Nc1cc(Nc2ncc(Cl)c(Nc3ccccc3S(=O)(=O)C(C)C)n2)ccc1Cl. The van der Waals surface area contributed by atoms with Crippen molar-refractivity contribution in [3.63, 3.8) is 0 Å². The second-order valence-corrected chi connectivity index (χ2v) is 10.4. The van der Waals surface area contributed by atoms with Gasteiger partial charge in [-0.25, -0.2) is 13.4 Å². The summed E-state index contributed by atoms with van der Waals surface area (Å²) in [7, 11) is -3.54. The van der Waals surface area contributed by atoms with Crippen LogP contribution in [0.15, 0.2) is 66.2 Å². The lowest BCUT2D eigenvalue weighted by Crippen LogP contribution is -2.15. The average molecular weight is 506 g/mol. The third-order valence-corrected chi connectivity index (χ3v) is 7.29. The second kappa shape index (κ2) is 10.2. The van der Waals surface area contributed by atoms with Crippen molar-refractivity contribution in [2.45, 2.75) is 24.0 Å². The lowest BCUT2D eigenvalue weighted by atomic mass is 10.2. The summed E-state index contributed by atoms with van der Waals surface area (Å²) >= 11 is 12.4. The van der Waals surface area contributed by atoms with E-state index in [0.29, 0.717) is 22.1 Å². The summed E-state index contributed by atoms with van der Waals surface area (Å²) in [6.07, 6.45) is 2.52. The zero-order valence-electron chi connectivity index (χ0n) is 17.8. The first kappa shape index (κ1) is 24.5. The molecule has 8 nitrogen and oxygen atoms in total. The van der Waals surface area contributed by atoms with Crippen LogP contribution in [0.1, 0.15) is 13.8 Å². The van der Waals surface area contributed by atoms with Gasteiger partial charge < -0.3 is 16.0 Å². The molecule has 2 aromatic carbocycles. The third-order valence-electron chi connectivity index (χ3n) is 4.48. The summed E-state index contributed by atoms with van der Waals surface area (Å²) in [5.74, 6) is 0.00225. The fourth-order valence-electron chi connectivity index (χ4n) is 2.73. The monoisotopic (exact) mass is 505 g/mol. The van der Waals surface area contributed by atoms with Crippen molar-refractivity contribution in [2.24, 2.45) is 0 Å². The molecule has 0 fully saturated rings. The number of halogens is 2. The Morgan fingerprint density at radius 3 is 2.48 bits per heavy atom. The van der Waals surface area contributed by atoms with Crippen molar-refractivity contribution in [3.8, 4) is 0 Å². The summed E-state index contributed by atoms with van der Waals surface area (Å²) in [4.78, 5) is 20.3. The van der Waals surface area contributed by atoms with E-state index in [9.17, 15) is 13.2 Å². The van der Waals surface area contributed by atoms with Gasteiger partial charge >= 0.3 is 0 Å². The van der Waals surface area contributed by atoms with Gasteiger partial charge in [-0.15, -0.1) is 0 Å². The molecule has 172 valence electrons. The van der Waals surface area contributed by atoms with Crippen LogP contribution in [0.4, 0.5) is 28.8 Å². The molecule has 0 atom stereocenters. The summed E-state index contributed by atoms with van der Waals surface area (Å²) in [5, 5.41) is 8.55. The molecule has 3 aromatic rings. The quantitative estimate of drug-likeness (QED) is 0.342. The third kappa shape index (κ3) is 5.81. The normalized spacial score (nSPS) is 11.2. The molecule has 0 aliphatic heterocycles. The summed E-state index contributed by atoms with van der Waals surface area (Å²) in [5.41, 5.74) is 1.28. The van der Waals surface area contributed by atoms with Gasteiger partial charge in [-0.3, -0.25) is 4.79 Å². The molecule has 1 heterocycles. The molecule has 0 saturated carbocycles. The van der Waals surface area contributed by atoms with Gasteiger partial charge in [0.2, 0.25) is 11.9 Å². The van der Waals surface area contributed by atoms with Gasteiger partial charge in [0, 0.05) is 5.69 Å². The number of hydrogen-bond donors (Lipinski definition) is 3. The molecule has 0 spiro atoms. The molecular formula is C22H21Cl2N5O3S. The minimum atomic E-state index is -3.54. The lowest BCUT2D eigenvalue weighted by Gasteiger charge is -2.15. The number of amides is 1. The van der Waals surface area contributed by atoms with Crippen LogP contribution in [0, 0.1) is 0 Å². The number of nitrogens with one attached hydrogen (secondary N) is 3. The van der Waals surface area contributed by atoms with Gasteiger partial charge in [0.15, 0.2) is 15.7 Å². The van der Waals surface area contributed by atoms with Crippen LogP contribution in [-0.2, 0) is 14.6 Å². The number of sulfone groups is 1. The van der Waals surface area contributed by atoms with Crippen molar-refractivity contribution in [1.29, 1.82) is 0 Å². The van der Waals surface area contributed by atoms with E-state index in [1.807, 2.05) is 0 Å². The molecule has 3 rings (SSSR count). The van der Waals surface area contributed by atoms with Crippen molar-refractivity contribution < 1.29 is 13.2 Å². The first-order valence-electron chi connectivity index (χ1n) is 9.74. The minimum Gasteiger partial charge on any atom is -0.338 e. The van der Waals surface area contributed by atoms with E-state index in [2.05, 4.69) is 32.5 Å². The molecular weight excluding hydrogens is 485 g/mol. The Morgan fingerprint density at radius 2 is 1.79 bits per heavy atom. The smallest absolute Gasteiger partial charge is 0.247 e. The molecule has 0 saturated heterocycles. The predicted molar refractivity (Wildman–Crippen MR) is 133 cm³/mol. The topological polar surface area (TPSA) is 113 Å². The highest BCUT2D eigenvalue weighted by Crippen LogP contribution is 2.31. The Labute approximate surface area is 202 Å². The Bertz CT molecular complexity index is 1310. The number of carbonyl (C=O) groups excluding carboxylic acids is 1. The fourth-order valence-corrected chi connectivity index (χ4v) is 4.23. The first-order valence-corrected chi connectivity index (χ1v) is 12.0.